The van der Waals surface area contributed by atoms with Gasteiger partial charge in [-0.15, -0.1) is 0 Å². The number of Topliss-reactive ketones (excluding diaryl/α,β-unsaturated/α-hetero) is 1. The summed E-state index contributed by atoms with van der Waals surface area (Å²) < 4.78 is 6.72. The minimum Gasteiger partial charge on any atom is -0.464 e. The molecule has 2 saturated carbocycles. The zero-order valence-corrected chi connectivity index (χ0v) is 16.1. The summed E-state index contributed by atoms with van der Waals surface area (Å²) in [7, 11) is 1.34. The third-order valence-electron chi connectivity index (χ3n) is 5.78. The fourth-order valence-corrected chi connectivity index (χ4v) is 3.96. The number of aromatic nitrogens is 1. The summed E-state index contributed by atoms with van der Waals surface area (Å²) in [4.78, 5) is 39.8. The molecular weight excluding hydrogens is 332 g/mol. The topological polar surface area (TPSA) is 68.6 Å². The Labute approximate surface area is 154 Å². The van der Waals surface area contributed by atoms with Crippen LogP contribution in [-0.4, -0.2) is 46.8 Å². The number of esters is 1. The molecule has 0 atom stereocenters. The van der Waals surface area contributed by atoms with Crippen LogP contribution in [0.3, 0.4) is 0 Å². The second-order valence-corrected chi connectivity index (χ2v) is 7.42. The highest BCUT2D eigenvalue weighted by molar-refractivity contribution is 6.04. The summed E-state index contributed by atoms with van der Waals surface area (Å²) in [5, 5.41) is 0. The molecule has 142 valence electrons. The molecule has 0 aliphatic heterocycles. The fourth-order valence-electron chi connectivity index (χ4n) is 3.96. The zero-order valence-electron chi connectivity index (χ0n) is 16.1. The van der Waals surface area contributed by atoms with E-state index in [4.69, 9.17) is 4.74 Å². The number of hydrogen-bond donors (Lipinski definition) is 0. The molecule has 1 aromatic heterocycles. The molecule has 0 saturated heterocycles. The van der Waals surface area contributed by atoms with Crippen LogP contribution in [0.5, 0.6) is 0 Å². The minimum atomic E-state index is -0.434. The van der Waals surface area contributed by atoms with E-state index in [0.717, 1.165) is 37.8 Å². The molecule has 1 amide bonds. The summed E-state index contributed by atoms with van der Waals surface area (Å²) in [5.74, 6) is -0.296. The van der Waals surface area contributed by atoms with Crippen molar-refractivity contribution in [2.24, 2.45) is 5.92 Å². The van der Waals surface area contributed by atoms with Gasteiger partial charge in [0.15, 0.2) is 5.78 Å². The summed E-state index contributed by atoms with van der Waals surface area (Å²) in [6.07, 6.45) is 4.93. The average molecular weight is 360 g/mol. The van der Waals surface area contributed by atoms with Crippen molar-refractivity contribution < 1.29 is 19.1 Å². The first-order valence-corrected chi connectivity index (χ1v) is 9.52. The van der Waals surface area contributed by atoms with E-state index in [2.05, 4.69) is 0 Å². The van der Waals surface area contributed by atoms with Crippen molar-refractivity contribution in [3.8, 4) is 0 Å². The Kier molecular flexibility index (Phi) is 5.21. The number of carbonyl (C=O) groups excluding carboxylic acids is 3. The summed E-state index contributed by atoms with van der Waals surface area (Å²) in [6.45, 7) is 6.26. The van der Waals surface area contributed by atoms with Crippen molar-refractivity contribution >= 4 is 17.7 Å². The summed E-state index contributed by atoms with van der Waals surface area (Å²) in [6, 6.07) is 0.209. The minimum absolute atomic E-state index is 0.0862. The number of carbonyl (C=O) groups is 3. The second kappa shape index (κ2) is 7.25. The van der Waals surface area contributed by atoms with Crippen molar-refractivity contribution in [2.45, 2.75) is 65.5 Å². The second-order valence-electron chi connectivity index (χ2n) is 7.42. The van der Waals surface area contributed by atoms with Crippen LogP contribution in [-0.2, 0) is 16.1 Å². The van der Waals surface area contributed by atoms with Crippen molar-refractivity contribution in [1.82, 2.24) is 9.47 Å². The van der Waals surface area contributed by atoms with E-state index in [-0.39, 0.29) is 30.2 Å². The number of rotatable bonds is 7. The molecule has 2 aliphatic rings. The number of nitrogens with zero attached hydrogens (tertiary/aromatic N) is 2. The van der Waals surface area contributed by atoms with Gasteiger partial charge in [0.2, 0.25) is 5.91 Å². The van der Waals surface area contributed by atoms with Crippen LogP contribution in [0.4, 0.5) is 0 Å². The van der Waals surface area contributed by atoms with Crippen molar-refractivity contribution in [3.63, 3.8) is 0 Å². The number of ketones is 1. The maximum atomic E-state index is 13.1. The Hall–Kier alpha value is -2.11. The van der Waals surface area contributed by atoms with E-state index in [1.807, 2.05) is 18.4 Å². The van der Waals surface area contributed by atoms with Gasteiger partial charge in [-0.3, -0.25) is 9.59 Å². The van der Waals surface area contributed by atoms with E-state index in [1.165, 1.54) is 7.11 Å². The fraction of sp³-hybridized carbons (Fsp3) is 0.650. The van der Waals surface area contributed by atoms with Crippen LogP contribution in [0.2, 0.25) is 0 Å². The van der Waals surface area contributed by atoms with E-state index in [9.17, 15) is 14.4 Å². The first kappa shape index (κ1) is 18.7. The van der Waals surface area contributed by atoms with Gasteiger partial charge in [-0.1, -0.05) is 6.42 Å². The number of methoxy groups -OCH3 is 1. The summed E-state index contributed by atoms with van der Waals surface area (Å²) >= 11 is 0. The van der Waals surface area contributed by atoms with Gasteiger partial charge in [0.1, 0.15) is 5.69 Å². The van der Waals surface area contributed by atoms with E-state index in [1.54, 1.807) is 11.8 Å². The largest absolute Gasteiger partial charge is 0.464 e. The first-order valence-electron chi connectivity index (χ1n) is 9.52. The lowest BCUT2D eigenvalue weighted by atomic mass is 9.84. The van der Waals surface area contributed by atoms with E-state index in [0.29, 0.717) is 23.4 Å². The van der Waals surface area contributed by atoms with Crippen LogP contribution < -0.4 is 0 Å². The molecule has 0 aromatic carbocycles. The van der Waals surface area contributed by atoms with Crippen molar-refractivity contribution in [2.75, 3.05) is 13.7 Å². The molecule has 2 fully saturated rings. The summed E-state index contributed by atoms with van der Waals surface area (Å²) in [5.41, 5.74) is 2.40. The lowest BCUT2D eigenvalue weighted by Crippen LogP contribution is -2.43. The quantitative estimate of drug-likeness (QED) is 0.554. The zero-order chi connectivity index (χ0) is 19.0. The van der Waals surface area contributed by atoms with Crippen LogP contribution in [0.1, 0.15) is 71.1 Å². The van der Waals surface area contributed by atoms with Gasteiger partial charge in [-0.05, 0) is 52.0 Å². The van der Waals surface area contributed by atoms with E-state index >= 15 is 0 Å². The molecule has 1 heterocycles. The highest BCUT2D eigenvalue weighted by atomic mass is 16.5. The van der Waals surface area contributed by atoms with Gasteiger partial charge < -0.3 is 14.2 Å². The third kappa shape index (κ3) is 3.17. The molecule has 6 heteroatoms. The molecule has 6 nitrogen and oxygen atoms in total. The van der Waals surface area contributed by atoms with Gasteiger partial charge in [-0.25, -0.2) is 4.79 Å². The number of ether oxygens (including phenoxy) is 1. The van der Waals surface area contributed by atoms with E-state index < -0.39 is 5.97 Å². The lowest BCUT2D eigenvalue weighted by Gasteiger charge is -2.31. The Morgan fingerprint density at radius 1 is 1.15 bits per heavy atom. The van der Waals surface area contributed by atoms with Crippen LogP contribution in [0.15, 0.2) is 0 Å². The predicted molar refractivity (Wildman–Crippen MR) is 97.3 cm³/mol. The molecular formula is C20H28N2O4. The lowest BCUT2D eigenvalue weighted by molar-refractivity contribution is -0.138. The Morgan fingerprint density at radius 2 is 1.81 bits per heavy atom. The maximum absolute atomic E-state index is 13.1. The molecule has 0 N–H and O–H groups in total. The number of amides is 1. The van der Waals surface area contributed by atoms with Crippen LogP contribution in [0, 0.1) is 19.8 Å². The Morgan fingerprint density at radius 3 is 2.27 bits per heavy atom. The Bertz CT molecular complexity index is 741. The van der Waals surface area contributed by atoms with Gasteiger partial charge in [0.05, 0.1) is 13.7 Å². The standard InChI is InChI=1S/C20H28N2O4/c1-5-21-13(3)17(12(2)18(21)20(25)26-4)16(23)11-22(15-9-10-15)19(24)14-7-6-8-14/h14-15H,5-11H2,1-4H3. The van der Waals surface area contributed by atoms with Gasteiger partial charge in [0.25, 0.3) is 0 Å². The van der Waals surface area contributed by atoms with Gasteiger partial charge in [-0.2, -0.15) is 0 Å². The molecule has 2 aliphatic carbocycles. The maximum Gasteiger partial charge on any atom is 0.354 e. The number of hydrogen-bond acceptors (Lipinski definition) is 4. The molecule has 3 rings (SSSR count). The SMILES string of the molecule is CCn1c(C)c(C(=O)CN(C(=O)C2CCC2)C2CC2)c(C)c1C(=O)OC. The van der Waals surface area contributed by atoms with Crippen LogP contribution >= 0.6 is 0 Å². The van der Waals surface area contributed by atoms with Crippen molar-refractivity contribution in [1.29, 1.82) is 0 Å². The monoisotopic (exact) mass is 360 g/mol. The third-order valence-corrected chi connectivity index (χ3v) is 5.78. The predicted octanol–water partition coefficient (Wildman–Crippen LogP) is 2.89. The Balaban J connectivity index is 1.88. The average Bonchev–Trinajstić information content (AvgIpc) is 3.35. The molecule has 0 bridgehead atoms. The molecule has 26 heavy (non-hydrogen) atoms. The molecule has 1 aromatic rings. The molecule has 0 radical (unpaired) electrons. The molecule has 0 unspecified atom stereocenters. The van der Waals surface area contributed by atoms with Crippen molar-refractivity contribution in [3.05, 3.63) is 22.5 Å². The highest BCUT2D eigenvalue weighted by Gasteiger charge is 2.39. The highest BCUT2D eigenvalue weighted by Crippen LogP contribution is 2.34. The first-order chi connectivity index (χ1) is 12.4. The van der Waals surface area contributed by atoms with Gasteiger partial charge in [0, 0.05) is 29.8 Å². The van der Waals surface area contributed by atoms with Crippen LogP contribution in [0.25, 0.3) is 0 Å². The normalized spacial score (nSPS) is 16.9. The van der Waals surface area contributed by atoms with Gasteiger partial charge >= 0.3 is 5.97 Å². The molecule has 0 spiro atoms. The smallest absolute Gasteiger partial charge is 0.354 e.